The van der Waals surface area contributed by atoms with Crippen LogP contribution in [0.2, 0.25) is 0 Å². The number of hydrogen-bond acceptors (Lipinski definition) is 5. The van der Waals surface area contributed by atoms with Crippen molar-refractivity contribution < 1.29 is 19.4 Å². The van der Waals surface area contributed by atoms with Crippen molar-refractivity contribution in [3.05, 3.63) is 77.4 Å². The molecule has 1 unspecified atom stereocenters. The van der Waals surface area contributed by atoms with E-state index in [2.05, 4.69) is 36.2 Å². The average molecular weight is 428 g/mol. The molecule has 0 spiro atoms. The van der Waals surface area contributed by atoms with Crippen LogP contribution in [0, 0.1) is 17.3 Å². The highest BCUT2D eigenvalue weighted by Crippen LogP contribution is 2.58. The Kier molecular flexibility index (Phi) is 4.28. The van der Waals surface area contributed by atoms with Gasteiger partial charge in [0.1, 0.15) is 17.6 Å². The van der Waals surface area contributed by atoms with Crippen LogP contribution >= 0.6 is 0 Å². The maximum Gasteiger partial charge on any atom is 0.166 e. The van der Waals surface area contributed by atoms with Gasteiger partial charge in [0, 0.05) is 55.0 Å². The average Bonchev–Trinajstić information content (AvgIpc) is 3.08. The van der Waals surface area contributed by atoms with Crippen LogP contribution in [-0.4, -0.2) is 34.4 Å². The van der Waals surface area contributed by atoms with E-state index in [1.54, 1.807) is 6.20 Å². The van der Waals surface area contributed by atoms with Crippen LogP contribution in [0.25, 0.3) is 10.8 Å². The molecule has 6 rings (SSSR count). The third-order valence-corrected chi connectivity index (χ3v) is 7.88. The molecule has 5 heteroatoms. The van der Waals surface area contributed by atoms with Crippen molar-refractivity contribution in [2.75, 3.05) is 6.61 Å². The Bertz CT molecular complexity index is 1260. The fourth-order valence-corrected chi connectivity index (χ4v) is 6.17. The van der Waals surface area contributed by atoms with E-state index in [1.807, 2.05) is 24.4 Å². The Hall–Kier alpha value is -3.05. The van der Waals surface area contributed by atoms with Crippen LogP contribution in [0.1, 0.15) is 37.7 Å². The van der Waals surface area contributed by atoms with Gasteiger partial charge in [0.25, 0.3) is 0 Å². The lowest BCUT2D eigenvalue weighted by atomic mass is 9.64. The Balaban J connectivity index is 1.39. The molecule has 5 atom stereocenters. The number of ether oxygens (including phenoxy) is 1. The number of nitrogens with zero attached hydrogens (tertiary/aromatic N) is 1. The standard InChI is InChI=1S/C27H25NO4/c1-27-6-4-18-11-20-22(30)8-15(14-29)9-24(20)32-26(18)21(27)12-23(31)25(27)17-3-2-16-5-7-28-13-19(16)10-17/h2-7,10-11,13,15,21,25-26,29H,8-9,12,14H2,1H3/t15?,21-,25-,26+,27-/m0/s1. The number of aliphatic hydroxyl groups excluding tert-OH is 1. The van der Waals surface area contributed by atoms with Crippen molar-refractivity contribution in [2.24, 2.45) is 17.3 Å². The minimum Gasteiger partial charge on any atom is -0.489 e. The molecule has 5 nitrogen and oxygen atoms in total. The van der Waals surface area contributed by atoms with Gasteiger partial charge in [-0.1, -0.05) is 31.2 Å². The molecule has 162 valence electrons. The molecule has 1 aliphatic heterocycles. The van der Waals surface area contributed by atoms with E-state index in [1.165, 1.54) is 0 Å². The first-order chi connectivity index (χ1) is 15.5. The number of allylic oxidation sites excluding steroid dienone is 4. The Morgan fingerprint density at radius 1 is 1.16 bits per heavy atom. The SMILES string of the molecule is C[C@]12C=CC3=CC4=C(CC(CO)CC4=O)O[C@H]3[C@@H]1CC(=O)[C@@H]2c1ccc2ccncc2c1. The maximum atomic E-state index is 13.4. The zero-order valence-corrected chi connectivity index (χ0v) is 18.0. The molecule has 4 aliphatic rings. The minimum absolute atomic E-state index is 0.000463. The summed E-state index contributed by atoms with van der Waals surface area (Å²) < 4.78 is 6.44. The van der Waals surface area contributed by atoms with Crippen molar-refractivity contribution in [2.45, 2.75) is 38.2 Å². The topological polar surface area (TPSA) is 76.5 Å². The zero-order chi connectivity index (χ0) is 22.0. The lowest BCUT2D eigenvalue weighted by molar-refractivity contribution is -0.120. The van der Waals surface area contributed by atoms with Crippen molar-refractivity contribution >= 4 is 22.3 Å². The van der Waals surface area contributed by atoms with Crippen LogP contribution in [0.15, 0.2) is 71.8 Å². The van der Waals surface area contributed by atoms with Gasteiger partial charge in [-0.15, -0.1) is 0 Å². The number of benzene rings is 1. The summed E-state index contributed by atoms with van der Waals surface area (Å²) >= 11 is 0. The van der Waals surface area contributed by atoms with Gasteiger partial charge < -0.3 is 9.84 Å². The van der Waals surface area contributed by atoms with E-state index in [0.717, 1.165) is 21.9 Å². The van der Waals surface area contributed by atoms with E-state index >= 15 is 0 Å². The summed E-state index contributed by atoms with van der Waals surface area (Å²) in [6.45, 7) is 2.13. The van der Waals surface area contributed by atoms with Gasteiger partial charge in [-0.3, -0.25) is 14.6 Å². The number of rotatable bonds is 2. The Morgan fingerprint density at radius 2 is 2.03 bits per heavy atom. The molecule has 32 heavy (non-hydrogen) atoms. The number of carbonyl (C=O) groups excluding carboxylic acids is 2. The largest absolute Gasteiger partial charge is 0.489 e. The molecule has 0 bridgehead atoms. The van der Waals surface area contributed by atoms with E-state index < -0.39 is 0 Å². The first-order valence-corrected chi connectivity index (χ1v) is 11.3. The number of carbonyl (C=O) groups is 2. The fraction of sp³-hybridized carbons (Fsp3) is 0.370. The minimum atomic E-state index is -0.373. The third-order valence-electron chi connectivity index (χ3n) is 7.88. The second kappa shape index (κ2) is 6.97. The highest BCUT2D eigenvalue weighted by molar-refractivity contribution is 6.00. The zero-order valence-electron chi connectivity index (χ0n) is 18.0. The second-order valence-electron chi connectivity index (χ2n) is 9.79. The molecule has 2 aromatic rings. The summed E-state index contributed by atoms with van der Waals surface area (Å²) in [7, 11) is 0. The van der Waals surface area contributed by atoms with E-state index in [0.29, 0.717) is 30.6 Å². The predicted octanol–water partition coefficient (Wildman–Crippen LogP) is 4.03. The molecule has 0 amide bonds. The molecule has 1 N–H and O–H groups in total. The number of aromatic nitrogens is 1. The molecule has 0 radical (unpaired) electrons. The predicted molar refractivity (Wildman–Crippen MR) is 120 cm³/mol. The third kappa shape index (κ3) is 2.77. The highest BCUT2D eigenvalue weighted by Gasteiger charge is 2.57. The molecule has 1 fully saturated rings. The highest BCUT2D eigenvalue weighted by atomic mass is 16.5. The van der Waals surface area contributed by atoms with Crippen molar-refractivity contribution in [1.82, 2.24) is 4.98 Å². The smallest absolute Gasteiger partial charge is 0.166 e. The van der Waals surface area contributed by atoms with Gasteiger partial charge in [0.15, 0.2) is 5.78 Å². The number of ketones is 2. The maximum absolute atomic E-state index is 13.4. The van der Waals surface area contributed by atoms with Gasteiger partial charge in [0.05, 0.1) is 11.5 Å². The van der Waals surface area contributed by atoms with Crippen LogP contribution in [0.3, 0.4) is 0 Å². The van der Waals surface area contributed by atoms with Gasteiger partial charge in [-0.2, -0.15) is 0 Å². The summed E-state index contributed by atoms with van der Waals surface area (Å²) in [4.78, 5) is 30.2. The van der Waals surface area contributed by atoms with Crippen molar-refractivity contribution in [3.63, 3.8) is 0 Å². The summed E-state index contributed by atoms with van der Waals surface area (Å²) in [5.74, 6) is 0.600. The summed E-state index contributed by atoms with van der Waals surface area (Å²) in [5, 5.41) is 11.7. The molecular formula is C27H25NO4. The second-order valence-corrected chi connectivity index (χ2v) is 9.79. The van der Waals surface area contributed by atoms with Crippen LogP contribution in [0.5, 0.6) is 0 Å². The molecule has 1 aromatic carbocycles. The summed E-state index contributed by atoms with van der Waals surface area (Å²) in [6.07, 6.45) is 10.9. The van der Waals surface area contributed by atoms with E-state index in [4.69, 9.17) is 4.74 Å². The lowest BCUT2D eigenvalue weighted by Crippen LogP contribution is -2.41. The van der Waals surface area contributed by atoms with Gasteiger partial charge >= 0.3 is 0 Å². The summed E-state index contributed by atoms with van der Waals surface area (Å²) in [6, 6.07) is 8.19. The van der Waals surface area contributed by atoms with E-state index in [-0.39, 0.29) is 47.4 Å². The number of Topliss-reactive ketones (excluding diaryl/α,β-unsaturated/α-hetero) is 2. The van der Waals surface area contributed by atoms with Crippen molar-refractivity contribution in [1.29, 1.82) is 0 Å². The van der Waals surface area contributed by atoms with Crippen molar-refractivity contribution in [3.8, 4) is 0 Å². The lowest BCUT2D eigenvalue weighted by Gasteiger charge is -2.44. The quantitative estimate of drug-likeness (QED) is 0.783. The number of pyridine rings is 1. The van der Waals surface area contributed by atoms with E-state index in [9.17, 15) is 14.7 Å². The first-order valence-electron chi connectivity index (χ1n) is 11.3. The molecule has 3 aliphatic carbocycles. The first kappa shape index (κ1) is 19.6. The van der Waals surface area contributed by atoms with Gasteiger partial charge in [-0.25, -0.2) is 0 Å². The number of aliphatic hydroxyl groups is 1. The van der Waals surface area contributed by atoms with Crippen LogP contribution in [-0.2, 0) is 14.3 Å². The van der Waals surface area contributed by atoms with Crippen LogP contribution < -0.4 is 0 Å². The summed E-state index contributed by atoms with van der Waals surface area (Å²) in [5.41, 5.74) is 2.25. The monoisotopic (exact) mass is 427 g/mol. The molecular weight excluding hydrogens is 402 g/mol. The molecule has 0 saturated heterocycles. The fourth-order valence-electron chi connectivity index (χ4n) is 6.17. The Labute approximate surface area is 186 Å². The molecule has 1 saturated carbocycles. The Morgan fingerprint density at radius 3 is 2.88 bits per heavy atom. The van der Waals surface area contributed by atoms with Gasteiger partial charge in [-0.05, 0) is 40.6 Å². The normalized spacial score (nSPS) is 33.5. The van der Waals surface area contributed by atoms with Crippen LogP contribution in [0.4, 0.5) is 0 Å². The number of hydrogen-bond donors (Lipinski definition) is 1. The van der Waals surface area contributed by atoms with Gasteiger partial charge in [0.2, 0.25) is 0 Å². The number of fused-ring (bicyclic) bond motifs is 4. The molecule has 1 aromatic heterocycles. The molecule has 2 heterocycles.